The molecule has 0 aliphatic heterocycles. The Morgan fingerprint density at radius 3 is 1.29 bits per heavy atom. The third kappa shape index (κ3) is 4.25. The van der Waals surface area contributed by atoms with E-state index in [2.05, 4.69) is 0 Å². The number of hydrogen-bond acceptors (Lipinski definition) is 0. The van der Waals surface area contributed by atoms with Gasteiger partial charge in [0.1, 0.15) is 0 Å². The quantitative estimate of drug-likeness (QED) is 0.383. The Hall–Kier alpha value is 1.74. The second-order valence-corrected chi connectivity index (χ2v) is 45.8. The molecular formula is H7Cl3Si4. The molecule has 0 bridgehead atoms. The van der Waals surface area contributed by atoms with Gasteiger partial charge in [0.2, 0.25) is 0 Å². The summed E-state index contributed by atoms with van der Waals surface area (Å²) in [7, 11) is 1.74. The molecule has 44 valence electrons. The van der Waals surface area contributed by atoms with Crippen molar-refractivity contribution in [2.24, 2.45) is 0 Å². The topological polar surface area (TPSA) is 0 Å². The minimum absolute atomic E-state index is 0.646. The largest absolute Gasteiger partial charge is 0.314 e. The summed E-state index contributed by atoms with van der Waals surface area (Å²) in [5.74, 6) is 0. The lowest BCUT2D eigenvalue weighted by Gasteiger charge is -2.08. The van der Waals surface area contributed by atoms with E-state index >= 15 is 0 Å². The molecule has 0 heterocycles. The Morgan fingerprint density at radius 2 is 1.29 bits per heavy atom. The van der Waals surface area contributed by atoms with E-state index in [0.29, 0.717) is 0 Å². The smallest absolute Gasteiger partial charge is 0.131 e. The van der Waals surface area contributed by atoms with Gasteiger partial charge in [-0.05, 0) is 19.5 Å². The van der Waals surface area contributed by atoms with Crippen molar-refractivity contribution in [3.05, 3.63) is 0 Å². The van der Waals surface area contributed by atoms with E-state index < -0.39 is 12.9 Å². The molecule has 0 atom stereocenters. The van der Waals surface area contributed by atoms with Crippen molar-refractivity contribution < 1.29 is 0 Å². The maximum Gasteiger partial charge on any atom is 0.314 e. The van der Waals surface area contributed by atoms with Gasteiger partial charge in [0.25, 0.3) is 0 Å². The molecular weight excluding hydrogens is 219 g/mol. The van der Waals surface area contributed by atoms with Gasteiger partial charge in [-0.15, -0.1) is 33.2 Å². The van der Waals surface area contributed by atoms with Crippen LogP contribution in [0.1, 0.15) is 0 Å². The fourth-order valence-corrected chi connectivity index (χ4v) is 0. The number of halogens is 3. The lowest BCUT2D eigenvalue weighted by Crippen LogP contribution is -2.37. The van der Waals surface area contributed by atoms with Gasteiger partial charge in [0.05, 0.1) is 7.35 Å². The third-order valence-electron chi connectivity index (χ3n) is 0.655. The predicted molar refractivity (Wildman–Crippen MR) is 50.3 cm³/mol. The monoisotopic (exact) mass is 224 g/mol. The van der Waals surface area contributed by atoms with E-state index in [-0.39, 0.29) is 0 Å². The second-order valence-electron chi connectivity index (χ2n) is 1.70. The molecule has 0 aliphatic carbocycles. The second kappa shape index (κ2) is 3.05. The third-order valence-corrected chi connectivity index (χ3v) is 53.0. The van der Waals surface area contributed by atoms with Gasteiger partial charge in [-0.25, -0.2) is 0 Å². The Bertz CT molecular complexity index is 52.4. The van der Waals surface area contributed by atoms with Crippen molar-refractivity contribution in [2.45, 2.75) is 0 Å². The highest BCUT2D eigenvalue weighted by Crippen LogP contribution is 2.19. The van der Waals surface area contributed by atoms with Crippen molar-refractivity contribution in [1.82, 2.24) is 0 Å². The molecule has 0 unspecified atom stereocenters. The minimum atomic E-state index is -2.06. The van der Waals surface area contributed by atoms with Crippen LogP contribution in [0.3, 0.4) is 0 Å². The maximum atomic E-state index is 5.67. The summed E-state index contributed by atoms with van der Waals surface area (Å²) in [6, 6.07) is 0. The molecule has 0 saturated carbocycles. The molecule has 7 heteroatoms. The molecule has 0 N–H and O–H groups in total. The first-order chi connectivity index (χ1) is 2.94. The SMILES string of the molecule is [SiH3][SiH]([SiH3])[Si](Cl)(Cl)Cl. The van der Waals surface area contributed by atoms with E-state index in [0.717, 1.165) is 0 Å². The van der Waals surface area contributed by atoms with E-state index in [9.17, 15) is 0 Å². The molecule has 7 heavy (non-hydrogen) atoms. The van der Waals surface area contributed by atoms with Crippen LogP contribution in [0.2, 0.25) is 0 Å². The molecule has 0 radical (unpaired) electrons. The lowest BCUT2D eigenvalue weighted by atomic mass is 26.3. The summed E-state index contributed by atoms with van der Waals surface area (Å²) < 4.78 is 0. The van der Waals surface area contributed by atoms with Gasteiger partial charge in [-0.2, -0.15) is 0 Å². The molecule has 0 fully saturated rings. The zero-order chi connectivity index (χ0) is 6.08. The van der Waals surface area contributed by atoms with Crippen LogP contribution in [0.25, 0.3) is 0 Å². The molecule has 0 amide bonds. The number of hydrogen-bond donors (Lipinski definition) is 0. The Morgan fingerprint density at radius 1 is 1.14 bits per heavy atom. The predicted octanol–water partition coefficient (Wildman–Crippen LogP) is -1.33. The van der Waals surface area contributed by atoms with E-state index in [4.69, 9.17) is 33.2 Å². The van der Waals surface area contributed by atoms with Crippen molar-refractivity contribution in [2.75, 3.05) is 0 Å². The average Bonchev–Trinajstić information content (AvgIpc) is 1.31. The van der Waals surface area contributed by atoms with Crippen molar-refractivity contribution >= 4 is 65.6 Å². The first kappa shape index (κ1) is 8.74. The molecule has 0 saturated heterocycles. The lowest BCUT2D eigenvalue weighted by molar-refractivity contribution is 3.60. The molecule has 0 aromatic rings. The fraction of sp³-hybridized carbons (Fsp3) is 0. The highest BCUT2D eigenvalue weighted by molar-refractivity contribution is 7.96. The molecule has 0 aromatic carbocycles. The summed E-state index contributed by atoms with van der Waals surface area (Å²) in [4.78, 5) is 0. The molecule has 0 spiro atoms. The van der Waals surface area contributed by atoms with Gasteiger partial charge in [-0.1, -0.05) is 0 Å². The standard InChI is InChI=1S/Cl3H7Si4/c1-7(2,3)6(4)5/h6H,4-5H3. The zero-order valence-corrected chi connectivity index (χ0v) is 12.6. The summed E-state index contributed by atoms with van der Waals surface area (Å²) in [5, 5.41) is 0. The van der Waals surface area contributed by atoms with Gasteiger partial charge in [0.15, 0.2) is 0 Å². The van der Waals surface area contributed by atoms with Crippen LogP contribution in [0, 0.1) is 0 Å². The Kier molecular flexibility index (Phi) is 3.80. The van der Waals surface area contributed by atoms with Gasteiger partial charge < -0.3 is 0 Å². The summed E-state index contributed by atoms with van der Waals surface area (Å²) in [6.45, 7) is 0. The van der Waals surface area contributed by atoms with E-state index in [1.54, 1.807) is 0 Å². The molecule has 0 rings (SSSR count). The van der Waals surface area contributed by atoms with Crippen molar-refractivity contribution in [1.29, 1.82) is 0 Å². The number of rotatable bonds is 1. The van der Waals surface area contributed by atoms with Crippen molar-refractivity contribution in [3.63, 3.8) is 0 Å². The van der Waals surface area contributed by atoms with Crippen LogP contribution in [-0.2, 0) is 0 Å². The highest BCUT2D eigenvalue weighted by Gasteiger charge is 2.29. The van der Waals surface area contributed by atoms with Crippen LogP contribution in [0.15, 0.2) is 0 Å². The van der Waals surface area contributed by atoms with Crippen LogP contribution in [-0.4, -0.2) is 32.4 Å². The van der Waals surface area contributed by atoms with Crippen molar-refractivity contribution in [3.8, 4) is 0 Å². The van der Waals surface area contributed by atoms with Crippen LogP contribution in [0.5, 0.6) is 0 Å². The van der Waals surface area contributed by atoms with E-state index in [1.807, 2.05) is 0 Å². The summed E-state index contributed by atoms with van der Waals surface area (Å²) >= 11 is 17.0. The highest BCUT2D eigenvalue weighted by atomic mass is 35.8. The Labute approximate surface area is 65.5 Å². The van der Waals surface area contributed by atoms with Gasteiger partial charge in [-0.3, -0.25) is 0 Å². The zero-order valence-electron chi connectivity index (χ0n) is 4.21. The van der Waals surface area contributed by atoms with Crippen LogP contribution >= 0.6 is 33.2 Å². The summed E-state index contributed by atoms with van der Waals surface area (Å²) in [5.41, 5.74) is -2.06. The Balaban J connectivity index is 3.54. The molecule has 0 aliphatic rings. The maximum absolute atomic E-state index is 5.67. The normalized spacial score (nSPS) is 17.6. The van der Waals surface area contributed by atoms with Gasteiger partial charge >= 0.3 is 5.52 Å². The molecule has 0 nitrogen and oxygen atoms in total. The fourth-order valence-electron chi connectivity index (χ4n) is 0. The van der Waals surface area contributed by atoms with Crippen LogP contribution < -0.4 is 0 Å². The summed E-state index contributed by atoms with van der Waals surface area (Å²) in [6.07, 6.45) is 0. The molecule has 0 aromatic heterocycles. The van der Waals surface area contributed by atoms with Gasteiger partial charge in [0, 0.05) is 0 Å². The van der Waals surface area contributed by atoms with E-state index in [1.165, 1.54) is 19.5 Å². The first-order valence-electron chi connectivity index (χ1n) is 2.01. The first-order valence-corrected chi connectivity index (χ1v) is 18.1. The minimum Gasteiger partial charge on any atom is -0.131 e. The van der Waals surface area contributed by atoms with Crippen LogP contribution in [0.4, 0.5) is 0 Å². The average molecular weight is 226 g/mol.